The highest BCUT2D eigenvalue weighted by atomic mass is 32.1. The van der Waals surface area contributed by atoms with Crippen LogP contribution in [0.1, 0.15) is 53.1 Å². The molecule has 8 heteroatoms. The Labute approximate surface area is 184 Å². The normalized spacial score (nSPS) is 13.8. The lowest BCUT2D eigenvalue weighted by atomic mass is 10.2. The summed E-state index contributed by atoms with van der Waals surface area (Å²) < 4.78 is 11.3. The van der Waals surface area contributed by atoms with Gasteiger partial charge in [-0.15, -0.1) is 11.3 Å². The van der Waals surface area contributed by atoms with Crippen LogP contribution in [0, 0.1) is 6.92 Å². The largest absolute Gasteiger partial charge is 0.490 e. The van der Waals surface area contributed by atoms with Crippen LogP contribution in [0.25, 0.3) is 0 Å². The van der Waals surface area contributed by atoms with Crippen LogP contribution in [0.2, 0.25) is 0 Å². The molecule has 1 fully saturated rings. The Bertz CT molecular complexity index is 1050. The second-order valence-electron chi connectivity index (χ2n) is 7.57. The summed E-state index contributed by atoms with van der Waals surface area (Å²) in [6.45, 7) is 2.12. The third kappa shape index (κ3) is 5.52. The molecule has 3 aromatic rings. The number of thiazole rings is 1. The molecule has 1 aliphatic carbocycles. The average molecular weight is 440 g/mol. The fourth-order valence-electron chi connectivity index (χ4n) is 3.60. The van der Waals surface area contributed by atoms with Crippen LogP contribution in [-0.4, -0.2) is 22.9 Å². The smallest absolute Gasteiger partial charge is 0.260 e. The lowest BCUT2D eigenvalue weighted by Crippen LogP contribution is -2.25. The lowest BCUT2D eigenvalue weighted by Gasteiger charge is -2.16. The third-order valence-electron chi connectivity index (χ3n) is 5.26. The summed E-state index contributed by atoms with van der Waals surface area (Å²) in [6, 6.07) is 9.43. The lowest BCUT2D eigenvalue weighted by molar-refractivity contribution is -0.120. The van der Waals surface area contributed by atoms with Crippen molar-refractivity contribution < 1.29 is 18.7 Å². The minimum Gasteiger partial charge on any atom is -0.490 e. The number of nitrogens with zero attached hydrogens (tertiary/aromatic N) is 1. The molecule has 2 heterocycles. The summed E-state index contributed by atoms with van der Waals surface area (Å²) in [5.74, 6) is 0.966. The first-order valence-corrected chi connectivity index (χ1v) is 11.3. The van der Waals surface area contributed by atoms with Gasteiger partial charge in [0.15, 0.2) is 5.13 Å². The molecule has 4 rings (SSSR count). The summed E-state index contributed by atoms with van der Waals surface area (Å²) in [7, 11) is 0. The van der Waals surface area contributed by atoms with Gasteiger partial charge in [0.2, 0.25) is 5.91 Å². The molecule has 2 aromatic heterocycles. The monoisotopic (exact) mass is 439 g/mol. The van der Waals surface area contributed by atoms with Gasteiger partial charge in [0.1, 0.15) is 11.5 Å². The number of hydrogen-bond acceptors (Lipinski definition) is 6. The molecular formula is C23H25N3O4S. The Kier molecular flexibility index (Phi) is 6.66. The van der Waals surface area contributed by atoms with Gasteiger partial charge >= 0.3 is 0 Å². The van der Waals surface area contributed by atoms with Gasteiger partial charge in [-0.3, -0.25) is 14.9 Å². The molecule has 162 valence electrons. The SMILES string of the molecule is Cc1occc1C(=O)Nc1nc(CC(=O)NCc2ccccc2OC2CCCC2)cs1. The second kappa shape index (κ2) is 9.78. The zero-order valence-electron chi connectivity index (χ0n) is 17.3. The number of ether oxygens (including phenoxy) is 1. The van der Waals surface area contributed by atoms with Gasteiger partial charge in [-0.05, 0) is 44.7 Å². The predicted molar refractivity (Wildman–Crippen MR) is 118 cm³/mol. The molecular weight excluding hydrogens is 414 g/mol. The summed E-state index contributed by atoms with van der Waals surface area (Å²) in [5.41, 5.74) is 2.04. The van der Waals surface area contributed by atoms with Crippen molar-refractivity contribution in [3.63, 3.8) is 0 Å². The number of benzene rings is 1. The topological polar surface area (TPSA) is 93.5 Å². The molecule has 31 heavy (non-hydrogen) atoms. The highest BCUT2D eigenvalue weighted by Gasteiger charge is 2.18. The zero-order chi connectivity index (χ0) is 21.6. The Morgan fingerprint density at radius 1 is 1.23 bits per heavy atom. The summed E-state index contributed by atoms with van der Waals surface area (Å²) in [6.07, 6.45) is 6.48. The Morgan fingerprint density at radius 2 is 2.03 bits per heavy atom. The third-order valence-corrected chi connectivity index (χ3v) is 6.07. The van der Waals surface area contributed by atoms with E-state index in [1.54, 1.807) is 18.4 Å². The average Bonchev–Trinajstić information content (AvgIpc) is 3.50. The maximum atomic E-state index is 12.4. The first kappa shape index (κ1) is 21.1. The molecule has 0 saturated heterocycles. The van der Waals surface area contributed by atoms with Gasteiger partial charge in [-0.2, -0.15) is 0 Å². The first-order chi connectivity index (χ1) is 15.1. The fraction of sp³-hybridized carbons (Fsp3) is 0.348. The van der Waals surface area contributed by atoms with E-state index in [2.05, 4.69) is 15.6 Å². The molecule has 0 aliphatic heterocycles. The van der Waals surface area contributed by atoms with Crippen LogP contribution in [0.15, 0.2) is 46.4 Å². The summed E-state index contributed by atoms with van der Waals surface area (Å²) in [4.78, 5) is 29.0. The molecule has 1 aliphatic rings. The number of hydrogen-bond donors (Lipinski definition) is 2. The number of carbonyl (C=O) groups excluding carboxylic acids is 2. The number of rotatable bonds is 8. The second-order valence-corrected chi connectivity index (χ2v) is 8.43. The van der Waals surface area contributed by atoms with Crippen molar-refractivity contribution in [2.45, 2.75) is 51.7 Å². The van der Waals surface area contributed by atoms with E-state index in [0.717, 1.165) is 24.2 Å². The molecule has 0 radical (unpaired) electrons. The van der Waals surface area contributed by atoms with Gasteiger partial charge in [-0.25, -0.2) is 4.98 Å². The maximum Gasteiger partial charge on any atom is 0.260 e. The van der Waals surface area contributed by atoms with Crippen molar-refractivity contribution in [2.24, 2.45) is 0 Å². The molecule has 0 atom stereocenters. The van der Waals surface area contributed by atoms with Gasteiger partial charge < -0.3 is 14.5 Å². The van der Waals surface area contributed by atoms with Crippen molar-refractivity contribution in [3.8, 4) is 5.75 Å². The highest BCUT2D eigenvalue weighted by Crippen LogP contribution is 2.26. The predicted octanol–water partition coefficient (Wildman–Crippen LogP) is 4.48. The van der Waals surface area contributed by atoms with E-state index in [4.69, 9.17) is 9.15 Å². The number of aryl methyl sites for hydroxylation is 1. The van der Waals surface area contributed by atoms with E-state index in [0.29, 0.717) is 28.7 Å². The van der Waals surface area contributed by atoms with Crippen LogP contribution in [0.4, 0.5) is 5.13 Å². The standard InChI is InChI=1S/C23H25N3O4S/c1-15-19(10-11-29-15)22(28)26-23-25-17(14-31-23)12-21(27)24-13-16-6-2-5-9-20(16)30-18-7-3-4-8-18/h2,5-6,9-11,14,18H,3-4,7-8,12-13H2,1H3,(H,24,27)(H,25,26,28). The summed E-state index contributed by atoms with van der Waals surface area (Å²) in [5, 5.41) is 7.90. The molecule has 0 spiro atoms. The van der Waals surface area contributed by atoms with Crippen molar-refractivity contribution in [2.75, 3.05) is 5.32 Å². The van der Waals surface area contributed by atoms with Crippen LogP contribution in [0.5, 0.6) is 5.75 Å². The van der Waals surface area contributed by atoms with Crippen LogP contribution in [0.3, 0.4) is 0 Å². The van der Waals surface area contributed by atoms with Crippen molar-refractivity contribution >= 4 is 28.3 Å². The van der Waals surface area contributed by atoms with Gasteiger partial charge in [-0.1, -0.05) is 18.2 Å². The Morgan fingerprint density at radius 3 is 2.81 bits per heavy atom. The van der Waals surface area contributed by atoms with E-state index < -0.39 is 0 Å². The maximum absolute atomic E-state index is 12.4. The molecule has 1 aromatic carbocycles. The molecule has 0 bridgehead atoms. The molecule has 2 amide bonds. The molecule has 2 N–H and O–H groups in total. The number of para-hydroxylation sites is 1. The number of furan rings is 1. The van der Waals surface area contributed by atoms with Crippen LogP contribution in [-0.2, 0) is 17.8 Å². The zero-order valence-corrected chi connectivity index (χ0v) is 18.2. The Balaban J connectivity index is 1.29. The number of carbonyl (C=O) groups is 2. The first-order valence-electron chi connectivity index (χ1n) is 10.4. The minimum atomic E-state index is -0.282. The van der Waals surface area contributed by atoms with Crippen molar-refractivity contribution in [3.05, 3.63) is 64.6 Å². The van der Waals surface area contributed by atoms with Crippen molar-refractivity contribution in [1.29, 1.82) is 0 Å². The minimum absolute atomic E-state index is 0.135. The van der Waals surface area contributed by atoms with Crippen LogP contribution >= 0.6 is 11.3 Å². The van der Waals surface area contributed by atoms with Crippen LogP contribution < -0.4 is 15.4 Å². The number of anilines is 1. The van der Waals surface area contributed by atoms with E-state index >= 15 is 0 Å². The van der Waals surface area contributed by atoms with Crippen molar-refractivity contribution in [1.82, 2.24) is 10.3 Å². The summed E-state index contributed by atoms with van der Waals surface area (Å²) >= 11 is 1.28. The Hall–Kier alpha value is -3.13. The fourth-order valence-corrected chi connectivity index (χ4v) is 4.31. The quantitative estimate of drug-likeness (QED) is 0.540. The van der Waals surface area contributed by atoms with E-state index in [1.807, 2.05) is 24.3 Å². The number of amides is 2. The van der Waals surface area contributed by atoms with Gasteiger partial charge in [0.25, 0.3) is 5.91 Å². The van der Waals surface area contributed by atoms with Gasteiger partial charge in [0, 0.05) is 17.5 Å². The van der Waals surface area contributed by atoms with E-state index in [1.165, 1.54) is 30.4 Å². The van der Waals surface area contributed by atoms with Gasteiger partial charge in [0.05, 0.1) is 30.0 Å². The highest BCUT2D eigenvalue weighted by molar-refractivity contribution is 7.14. The number of nitrogens with one attached hydrogen (secondary N) is 2. The molecule has 7 nitrogen and oxygen atoms in total. The number of aromatic nitrogens is 1. The molecule has 1 saturated carbocycles. The molecule has 0 unspecified atom stereocenters. The van der Waals surface area contributed by atoms with E-state index in [-0.39, 0.29) is 24.3 Å². The van der Waals surface area contributed by atoms with E-state index in [9.17, 15) is 9.59 Å².